The SMILES string of the molecule is C=C(C)C(=O)NOB(O)c1ccccc1.C=CC(N)=O. The monoisotopic (exact) mass is 276 g/mol. The molecule has 0 spiro atoms. The summed E-state index contributed by atoms with van der Waals surface area (Å²) in [6.07, 6.45) is 1.06. The molecular weight excluding hydrogens is 259 g/mol. The number of rotatable bonds is 5. The Bertz CT molecular complexity index is 477. The van der Waals surface area contributed by atoms with E-state index >= 15 is 0 Å². The number of benzene rings is 1. The number of nitrogens with one attached hydrogen (secondary N) is 1. The molecule has 7 heteroatoms. The van der Waals surface area contributed by atoms with E-state index < -0.39 is 18.9 Å². The van der Waals surface area contributed by atoms with Gasteiger partial charge in [0.25, 0.3) is 5.91 Å². The highest BCUT2D eigenvalue weighted by Crippen LogP contribution is 1.89. The van der Waals surface area contributed by atoms with Crippen molar-refractivity contribution in [2.45, 2.75) is 6.92 Å². The Kier molecular flexibility index (Phi) is 8.41. The Morgan fingerprint density at radius 2 is 1.90 bits per heavy atom. The van der Waals surface area contributed by atoms with Gasteiger partial charge in [0.1, 0.15) is 0 Å². The largest absolute Gasteiger partial charge is 0.514 e. The van der Waals surface area contributed by atoms with E-state index in [4.69, 9.17) is 4.76 Å². The number of nitrogens with two attached hydrogens (primary N) is 1. The molecule has 0 bridgehead atoms. The first kappa shape index (κ1) is 17.6. The minimum absolute atomic E-state index is 0.315. The van der Waals surface area contributed by atoms with Crippen molar-refractivity contribution in [3.8, 4) is 0 Å². The first-order chi connectivity index (χ1) is 9.38. The second-order valence-corrected chi connectivity index (χ2v) is 3.70. The number of primary amides is 1. The molecule has 1 aromatic rings. The number of hydrogen-bond acceptors (Lipinski definition) is 4. The molecule has 0 saturated carbocycles. The average Bonchev–Trinajstić information content (AvgIpc) is 2.45. The first-order valence-electron chi connectivity index (χ1n) is 5.64. The zero-order valence-electron chi connectivity index (χ0n) is 11.2. The van der Waals surface area contributed by atoms with E-state index in [0.29, 0.717) is 11.0 Å². The Labute approximate surface area is 118 Å². The van der Waals surface area contributed by atoms with Crippen LogP contribution < -0.4 is 16.7 Å². The summed E-state index contributed by atoms with van der Waals surface area (Å²) in [5, 5.41) is 9.48. The summed E-state index contributed by atoms with van der Waals surface area (Å²) in [6.45, 7) is 8.07. The van der Waals surface area contributed by atoms with E-state index in [9.17, 15) is 14.6 Å². The molecule has 0 saturated heterocycles. The molecule has 6 nitrogen and oxygen atoms in total. The predicted molar refractivity (Wildman–Crippen MR) is 77.5 cm³/mol. The third kappa shape index (κ3) is 7.86. The molecule has 0 unspecified atom stereocenters. The predicted octanol–water partition coefficient (Wildman–Crippen LogP) is -0.344. The molecular formula is C13H17BN2O4. The highest BCUT2D eigenvalue weighted by Gasteiger charge is 2.17. The Morgan fingerprint density at radius 1 is 1.40 bits per heavy atom. The summed E-state index contributed by atoms with van der Waals surface area (Å²) in [5.41, 5.74) is 7.51. The van der Waals surface area contributed by atoms with Crippen LogP contribution in [-0.4, -0.2) is 24.0 Å². The van der Waals surface area contributed by atoms with Crippen molar-refractivity contribution in [1.82, 2.24) is 5.48 Å². The van der Waals surface area contributed by atoms with E-state index in [1.165, 1.54) is 0 Å². The van der Waals surface area contributed by atoms with E-state index in [1.54, 1.807) is 31.2 Å². The molecule has 0 aliphatic carbocycles. The number of hydroxylamine groups is 1. The van der Waals surface area contributed by atoms with Gasteiger partial charge in [0.15, 0.2) is 0 Å². The molecule has 0 aliphatic heterocycles. The number of carbonyl (C=O) groups is 2. The van der Waals surface area contributed by atoms with Crippen molar-refractivity contribution in [2.75, 3.05) is 0 Å². The molecule has 0 aromatic heterocycles. The second kappa shape index (κ2) is 9.54. The third-order valence-corrected chi connectivity index (χ3v) is 1.94. The molecule has 0 aliphatic rings. The van der Waals surface area contributed by atoms with Gasteiger partial charge in [-0.15, -0.1) is 0 Å². The van der Waals surface area contributed by atoms with Crippen LogP contribution in [0.2, 0.25) is 0 Å². The zero-order chi connectivity index (χ0) is 15.5. The minimum atomic E-state index is -1.17. The van der Waals surface area contributed by atoms with Crippen LogP contribution in [0.3, 0.4) is 0 Å². The standard InChI is InChI=1S/C10H12BNO3.C3H5NO/c1-8(2)10(13)12-15-11(14)9-6-4-3-5-7-9;1-2-3(4)5/h3-7,14H,1H2,2H3,(H,12,13);2H,1H2,(H2,4,5). The van der Waals surface area contributed by atoms with Gasteiger partial charge in [-0.2, -0.15) is 0 Å². The zero-order valence-corrected chi connectivity index (χ0v) is 11.2. The van der Waals surface area contributed by atoms with Crippen molar-refractivity contribution in [3.05, 3.63) is 55.1 Å². The normalized spacial score (nSPS) is 8.70. The minimum Gasteiger partial charge on any atom is -0.422 e. The van der Waals surface area contributed by atoms with Crippen molar-refractivity contribution >= 4 is 24.4 Å². The van der Waals surface area contributed by atoms with Crippen LogP contribution in [0, 0.1) is 0 Å². The lowest BCUT2D eigenvalue weighted by atomic mass is 9.80. The highest BCUT2D eigenvalue weighted by atomic mass is 16.7. The molecule has 0 atom stereocenters. The Balaban J connectivity index is 0.000000621. The lowest BCUT2D eigenvalue weighted by Gasteiger charge is -2.08. The number of carbonyl (C=O) groups excluding carboxylic acids is 2. The van der Waals surface area contributed by atoms with Crippen LogP contribution in [0.15, 0.2) is 55.1 Å². The fourth-order valence-corrected chi connectivity index (χ4v) is 0.882. The number of amides is 2. The lowest BCUT2D eigenvalue weighted by Crippen LogP contribution is -2.40. The Hall–Kier alpha value is -2.38. The molecule has 0 radical (unpaired) electrons. The molecule has 0 fully saturated rings. The smallest absolute Gasteiger partial charge is 0.422 e. The molecule has 106 valence electrons. The molecule has 4 N–H and O–H groups in total. The molecule has 2 amide bonds. The van der Waals surface area contributed by atoms with Gasteiger partial charge in [0.2, 0.25) is 5.91 Å². The van der Waals surface area contributed by atoms with Gasteiger partial charge in [0, 0.05) is 5.57 Å². The maximum Gasteiger partial charge on any atom is 0.514 e. The van der Waals surface area contributed by atoms with Gasteiger partial charge in [0.05, 0.1) is 0 Å². The van der Waals surface area contributed by atoms with E-state index in [2.05, 4.69) is 24.4 Å². The van der Waals surface area contributed by atoms with Crippen LogP contribution in [0.5, 0.6) is 0 Å². The maximum atomic E-state index is 11.0. The van der Waals surface area contributed by atoms with E-state index in [-0.39, 0.29) is 0 Å². The summed E-state index contributed by atoms with van der Waals surface area (Å²) >= 11 is 0. The van der Waals surface area contributed by atoms with Crippen molar-refractivity contribution < 1.29 is 19.4 Å². The summed E-state index contributed by atoms with van der Waals surface area (Å²) in [7, 11) is -1.17. The fraction of sp³-hybridized carbons (Fsp3) is 0.0769. The summed E-state index contributed by atoms with van der Waals surface area (Å²) in [5.74, 6) is -0.935. The van der Waals surface area contributed by atoms with E-state index in [1.807, 2.05) is 6.07 Å². The Morgan fingerprint density at radius 3 is 2.30 bits per heavy atom. The van der Waals surface area contributed by atoms with Crippen molar-refractivity contribution in [1.29, 1.82) is 0 Å². The molecule has 1 aromatic carbocycles. The summed E-state index contributed by atoms with van der Waals surface area (Å²) in [6, 6.07) is 8.74. The summed E-state index contributed by atoms with van der Waals surface area (Å²) in [4.78, 5) is 20.5. The van der Waals surface area contributed by atoms with Gasteiger partial charge in [-0.1, -0.05) is 43.5 Å². The number of hydrogen-bond donors (Lipinski definition) is 3. The molecule has 1 rings (SSSR count). The van der Waals surface area contributed by atoms with Gasteiger partial charge in [-0.25, -0.2) is 5.48 Å². The van der Waals surface area contributed by atoms with Gasteiger partial charge in [-0.05, 0) is 18.5 Å². The topological polar surface area (TPSA) is 102 Å². The van der Waals surface area contributed by atoms with Gasteiger partial charge in [-0.3, -0.25) is 14.3 Å². The second-order valence-electron chi connectivity index (χ2n) is 3.70. The lowest BCUT2D eigenvalue weighted by molar-refractivity contribution is -0.124. The van der Waals surface area contributed by atoms with Crippen LogP contribution in [0.1, 0.15) is 6.92 Å². The van der Waals surface area contributed by atoms with E-state index in [0.717, 1.165) is 6.08 Å². The first-order valence-corrected chi connectivity index (χ1v) is 5.64. The third-order valence-electron chi connectivity index (χ3n) is 1.94. The summed E-state index contributed by atoms with van der Waals surface area (Å²) < 4.78 is 4.75. The van der Waals surface area contributed by atoms with Crippen LogP contribution in [0.25, 0.3) is 0 Å². The van der Waals surface area contributed by atoms with Crippen LogP contribution in [-0.2, 0) is 14.3 Å². The maximum absolute atomic E-state index is 11.0. The average molecular weight is 276 g/mol. The van der Waals surface area contributed by atoms with Crippen LogP contribution >= 0.6 is 0 Å². The van der Waals surface area contributed by atoms with Gasteiger partial charge < -0.3 is 10.8 Å². The van der Waals surface area contributed by atoms with Crippen LogP contribution in [0.4, 0.5) is 0 Å². The van der Waals surface area contributed by atoms with Crippen molar-refractivity contribution in [2.24, 2.45) is 5.73 Å². The van der Waals surface area contributed by atoms with Crippen molar-refractivity contribution in [3.63, 3.8) is 0 Å². The molecule has 0 heterocycles. The molecule has 20 heavy (non-hydrogen) atoms. The van der Waals surface area contributed by atoms with Gasteiger partial charge >= 0.3 is 7.12 Å². The quantitative estimate of drug-likeness (QED) is 0.389. The highest BCUT2D eigenvalue weighted by molar-refractivity contribution is 6.59. The fourth-order valence-electron chi connectivity index (χ4n) is 0.882.